The Morgan fingerprint density at radius 3 is 2.82 bits per heavy atom. The van der Waals surface area contributed by atoms with E-state index in [2.05, 4.69) is 23.2 Å². The van der Waals surface area contributed by atoms with Gasteiger partial charge in [-0.05, 0) is 25.5 Å². The first-order valence-electron chi connectivity index (χ1n) is 5.47. The van der Waals surface area contributed by atoms with Gasteiger partial charge in [0.15, 0.2) is 0 Å². The minimum Gasteiger partial charge on any atom is -0.460 e. The Bertz CT molecular complexity index is 694. The van der Waals surface area contributed by atoms with Gasteiger partial charge in [-0.15, -0.1) is 0 Å². The summed E-state index contributed by atoms with van der Waals surface area (Å²) in [5.41, 5.74) is 9.54. The van der Waals surface area contributed by atoms with E-state index in [0.717, 1.165) is 28.0 Å². The molecular formula is C13H13N3O. The van der Waals surface area contributed by atoms with E-state index in [0.29, 0.717) is 5.82 Å². The molecule has 1 aromatic carbocycles. The van der Waals surface area contributed by atoms with Crippen molar-refractivity contribution >= 4 is 16.8 Å². The van der Waals surface area contributed by atoms with Gasteiger partial charge in [0.2, 0.25) is 0 Å². The average molecular weight is 227 g/mol. The zero-order valence-electron chi connectivity index (χ0n) is 9.74. The van der Waals surface area contributed by atoms with Gasteiger partial charge in [0.25, 0.3) is 0 Å². The predicted molar refractivity (Wildman–Crippen MR) is 67.7 cm³/mol. The molecule has 0 radical (unpaired) electrons. The lowest BCUT2D eigenvalue weighted by Gasteiger charge is -1.98. The van der Waals surface area contributed by atoms with Crippen molar-refractivity contribution in [3.8, 4) is 11.3 Å². The highest BCUT2D eigenvalue weighted by atomic mass is 16.3. The monoisotopic (exact) mass is 227 g/mol. The molecule has 0 fully saturated rings. The molecule has 0 unspecified atom stereocenters. The summed E-state index contributed by atoms with van der Waals surface area (Å²) in [5, 5.41) is 7.98. The summed E-state index contributed by atoms with van der Waals surface area (Å²) in [4.78, 5) is 0. The van der Waals surface area contributed by atoms with Crippen LogP contribution in [0.15, 0.2) is 28.7 Å². The Morgan fingerprint density at radius 2 is 2.12 bits per heavy atom. The molecule has 3 N–H and O–H groups in total. The van der Waals surface area contributed by atoms with E-state index in [4.69, 9.17) is 10.2 Å². The van der Waals surface area contributed by atoms with E-state index in [9.17, 15) is 0 Å². The Kier molecular flexibility index (Phi) is 1.98. The molecule has 0 atom stereocenters. The molecule has 0 aliphatic rings. The number of nitrogen functional groups attached to an aromatic ring is 1. The molecule has 3 rings (SSSR count). The van der Waals surface area contributed by atoms with E-state index >= 15 is 0 Å². The molecule has 0 aliphatic heterocycles. The lowest BCUT2D eigenvalue weighted by atomic mass is 10.1. The summed E-state index contributed by atoms with van der Waals surface area (Å²) in [6.07, 6.45) is 0. The summed E-state index contributed by atoms with van der Waals surface area (Å²) in [5.74, 6) is 1.43. The molecule has 0 saturated carbocycles. The number of fused-ring (bicyclic) bond motifs is 1. The molecule has 0 spiro atoms. The van der Waals surface area contributed by atoms with Gasteiger partial charge in [-0.2, -0.15) is 5.10 Å². The smallest absolute Gasteiger partial charge is 0.145 e. The van der Waals surface area contributed by atoms with Gasteiger partial charge >= 0.3 is 0 Å². The van der Waals surface area contributed by atoms with Crippen LogP contribution in [0.2, 0.25) is 0 Å². The summed E-state index contributed by atoms with van der Waals surface area (Å²) < 4.78 is 5.80. The molecular weight excluding hydrogens is 214 g/mol. The molecule has 3 aromatic rings. The van der Waals surface area contributed by atoms with Gasteiger partial charge in [-0.3, -0.25) is 5.10 Å². The first-order chi connectivity index (χ1) is 8.16. The Morgan fingerprint density at radius 1 is 1.29 bits per heavy atom. The first kappa shape index (κ1) is 9.96. The average Bonchev–Trinajstić information content (AvgIpc) is 2.85. The number of aryl methyl sites for hydroxylation is 2. The second kappa shape index (κ2) is 3.38. The summed E-state index contributed by atoms with van der Waals surface area (Å²) >= 11 is 0. The number of aromatic nitrogens is 2. The maximum Gasteiger partial charge on any atom is 0.145 e. The molecule has 2 heterocycles. The van der Waals surface area contributed by atoms with E-state index in [1.807, 2.05) is 25.1 Å². The molecule has 4 heteroatoms. The number of hydrogen-bond acceptors (Lipinski definition) is 3. The standard InChI is InChI=1S/C13H13N3O/c1-7-8(2)17-13-9(7)4-3-5-10(13)11-6-12(14)16-15-11/h3-6H,1-2H3,(H3,14,15,16). The lowest BCUT2D eigenvalue weighted by molar-refractivity contribution is 0.576. The molecule has 0 aliphatic carbocycles. The number of rotatable bonds is 1. The third kappa shape index (κ3) is 1.41. The maximum atomic E-state index is 5.80. The quantitative estimate of drug-likeness (QED) is 0.671. The topological polar surface area (TPSA) is 67.8 Å². The fourth-order valence-corrected chi connectivity index (χ4v) is 2.05. The molecule has 0 bridgehead atoms. The second-order valence-corrected chi connectivity index (χ2v) is 4.17. The SMILES string of the molecule is Cc1oc2c(-c3cc(N)n[nH]3)cccc2c1C. The van der Waals surface area contributed by atoms with Crippen molar-refractivity contribution < 1.29 is 4.42 Å². The molecule has 0 amide bonds. The van der Waals surface area contributed by atoms with Crippen LogP contribution in [-0.4, -0.2) is 10.2 Å². The summed E-state index contributed by atoms with van der Waals surface area (Å²) in [6, 6.07) is 7.88. The number of nitrogens with one attached hydrogen (secondary N) is 1. The van der Waals surface area contributed by atoms with Crippen LogP contribution < -0.4 is 5.73 Å². The van der Waals surface area contributed by atoms with Gasteiger partial charge in [0, 0.05) is 17.0 Å². The van der Waals surface area contributed by atoms with Crippen molar-refractivity contribution in [2.24, 2.45) is 0 Å². The lowest BCUT2D eigenvalue weighted by Crippen LogP contribution is -1.81. The van der Waals surface area contributed by atoms with Crippen LogP contribution in [0.5, 0.6) is 0 Å². The van der Waals surface area contributed by atoms with Gasteiger partial charge < -0.3 is 10.2 Å². The Hall–Kier alpha value is -2.23. The number of anilines is 1. The van der Waals surface area contributed by atoms with Crippen molar-refractivity contribution in [2.45, 2.75) is 13.8 Å². The van der Waals surface area contributed by atoms with E-state index < -0.39 is 0 Å². The number of nitrogens with two attached hydrogens (primary N) is 1. The highest BCUT2D eigenvalue weighted by Crippen LogP contribution is 2.32. The number of nitrogens with zero attached hydrogens (tertiary/aromatic N) is 1. The normalized spacial score (nSPS) is 11.2. The van der Waals surface area contributed by atoms with Crippen LogP contribution in [0.25, 0.3) is 22.2 Å². The summed E-state index contributed by atoms with van der Waals surface area (Å²) in [7, 11) is 0. The molecule has 17 heavy (non-hydrogen) atoms. The fraction of sp³-hybridized carbons (Fsp3) is 0.154. The number of H-pyrrole nitrogens is 1. The van der Waals surface area contributed by atoms with Crippen LogP contribution in [0.4, 0.5) is 5.82 Å². The van der Waals surface area contributed by atoms with Crippen molar-refractivity contribution in [3.63, 3.8) is 0 Å². The van der Waals surface area contributed by atoms with Crippen molar-refractivity contribution in [1.82, 2.24) is 10.2 Å². The Balaban J connectivity index is 2.33. The van der Waals surface area contributed by atoms with Gasteiger partial charge in [-0.25, -0.2) is 0 Å². The first-order valence-corrected chi connectivity index (χ1v) is 5.47. The molecule has 0 saturated heterocycles. The van der Waals surface area contributed by atoms with Gasteiger partial charge in [0.1, 0.15) is 17.2 Å². The number of hydrogen-bond donors (Lipinski definition) is 2. The zero-order chi connectivity index (χ0) is 12.0. The van der Waals surface area contributed by atoms with Crippen molar-refractivity contribution in [3.05, 3.63) is 35.6 Å². The summed E-state index contributed by atoms with van der Waals surface area (Å²) in [6.45, 7) is 4.03. The van der Waals surface area contributed by atoms with Crippen LogP contribution >= 0.6 is 0 Å². The van der Waals surface area contributed by atoms with Crippen LogP contribution in [0.1, 0.15) is 11.3 Å². The third-order valence-corrected chi connectivity index (χ3v) is 3.09. The van der Waals surface area contributed by atoms with Crippen molar-refractivity contribution in [1.29, 1.82) is 0 Å². The fourth-order valence-electron chi connectivity index (χ4n) is 2.05. The maximum absolute atomic E-state index is 5.80. The number of furan rings is 1. The molecule has 4 nitrogen and oxygen atoms in total. The number of benzene rings is 1. The van der Waals surface area contributed by atoms with E-state index in [-0.39, 0.29) is 0 Å². The molecule has 86 valence electrons. The van der Waals surface area contributed by atoms with Crippen molar-refractivity contribution in [2.75, 3.05) is 5.73 Å². The minimum absolute atomic E-state index is 0.483. The van der Waals surface area contributed by atoms with Crippen LogP contribution in [0.3, 0.4) is 0 Å². The second-order valence-electron chi connectivity index (χ2n) is 4.17. The molecule has 2 aromatic heterocycles. The third-order valence-electron chi connectivity index (χ3n) is 3.09. The number of para-hydroxylation sites is 1. The highest BCUT2D eigenvalue weighted by Gasteiger charge is 2.13. The number of aromatic amines is 1. The van der Waals surface area contributed by atoms with E-state index in [1.165, 1.54) is 5.56 Å². The van der Waals surface area contributed by atoms with Crippen LogP contribution in [0, 0.1) is 13.8 Å². The minimum atomic E-state index is 0.483. The van der Waals surface area contributed by atoms with E-state index in [1.54, 1.807) is 0 Å². The predicted octanol–water partition coefficient (Wildman–Crippen LogP) is 3.02. The van der Waals surface area contributed by atoms with Gasteiger partial charge in [-0.1, -0.05) is 12.1 Å². The Labute approximate surface area is 98.4 Å². The zero-order valence-corrected chi connectivity index (χ0v) is 9.74. The largest absolute Gasteiger partial charge is 0.460 e. The van der Waals surface area contributed by atoms with Gasteiger partial charge in [0.05, 0.1) is 5.69 Å². The van der Waals surface area contributed by atoms with Crippen LogP contribution in [-0.2, 0) is 0 Å². The highest BCUT2D eigenvalue weighted by molar-refractivity contribution is 5.94.